The lowest BCUT2D eigenvalue weighted by Gasteiger charge is -2.02. The molecule has 0 aromatic heterocycles. The van der Waals surface area contributed by atoms with Crippen molar-refractivity contribution in [1.29, 1.82) is 0 Å². The summed E-state index contributed by atoms with van der Waals surface area (Å²) in [4.78, 5) is 20.6. The zero-order chi connectivity index (χ0) is 31.2. The zero-order valence-corrected chi connectivity index (χ0v) is 27.1. The molecule has 0 heterocycles. The topological polar surface area (TPSA) is 135 Å². The van der Waals surface area contributed by atoms with Gasteiger partial charge in [-0.15, -0.1) is 0 Å². The fourth-order valence-corrected chi connectivity index (χ4v) is 4.47. The van der Waals surface area contributed by atoms with Crippen molar-refractivity contribution in [2.75, 3.05) is 13.2 Å². The van der Waals surface area contributed by atoms with Crippen LogP contribution >= 0.6 is 0 Å². The molecule has 0 bridgehead atoms. The highest BCUT2D eigenvalue weighted by Gasteiger charge is 1.98. The Labute approximate surface area is 253 Å². The lowest BCUT2D eigenvalue weighted by atomic mass is 10.0. The van der Waals surface area contributed by atoms with Crippen molar-refractivity contribution in [3.63, 3.8) is 0 Å². The van der Waals surface area contributed by atoms with Gasteiger partial charge in [-0.1, -0.05) is 162 Å². The minimum atomic E-state index is -0.954. The lowest BCUT2D eigenvalue weighted by Crippen LogP contribution is -2.15. The van der Waals surface area contributed by atoms with Crippen molar-refractivity contribution in [1.82, 2.24) is 0 Å². The quantitative estimate of drug-likeness (QED) is 0.0548. The first-order valence-electron chi connectivity index (χ1n) is 17.2. The molecular formula is C34H70O7. The van der Waals surface area contributed by atoms with E-state index in [1.165, 1.54) is 135 Å². The van der Waals surface area contributed by atoms with Gasteiger partial charge < -0.3 is 25.5 Å². The van der Waals surface area contributed by atoms with Crippen LogP contribution < -0.4 is 0 Å². The highest BCUT2D eigenvalue weighted by atomic mass is 16.4. The summed E-state index contributed by atoms with van der Waals surface area (Å²) in [5.41, 5.74) is 0. The third-order valence-corrected chi connectivity index (χ3v) is 7.16. The van der Waals surface area contributed by atoms with E-state index in [4.69, 9.17) is 25.5 Å². The van der Waals surface area contributed by atoms with Crippen molar-refractivity contribution < 1.29 is 35.1 Å². The summed E-state index contributed by atoms with van der Waals surface area (Å²) in [6.45, 7) is 3.78. The summed E-state index contributed by atoms with van der Waals surface area (Å²) in [6.07, 6.45) is 32.1. The molecule has 0 aromatic rings. The molecule has 7 heteroatoms. The maximum Gasteiger partial charge on any atom is 0.303 e. The van der Waals surface area contributed by atoms with E-state index in [-0.39, 0.29) is 13.2 Å². The van der Waals surface area contributed by atoms with Gasteiger partial charge in [0.05, 0.1) is 13.2 Å². The number of aliphatic hydroxyl groups is 3. The van der Waals surface area contributed by atoms with Gasteiger partial charge in [0.2, 0.25) is 0 Å². The molecule has 0 amide bonds. The second-order valence-electron chi connectivity index (χ2n) is 11.4. The number of hydrogen-bond acceptors (Lipinski definition) is 5. The van der Waals surface area contributed by atoms with Crippen LogP contribution in [0, 0.1) is 0 Å². The van der Waals surface area contributed by atoms with Crippen LogP contribution in [0.5, 0.6) is 0 Å². The smallest absolute Gasteiger partial charge is 0.303 e. The predicted octanol–water partition coefficient (Wildman–Crippen LogP) is 9.05. The maximum absolute atomic E-state index is 10.3. The Morgan fingerprint density at radius 1 is 0.415 bits per heavy atom. The standard InChI is InChI=1S/C17H34O2.C14H28O2.C3H8O3/c1-2-3-4-5-6-7-8-9-10-11-12-13-14-15-16-17(18)19;1-2-3-4-5-6-7-8-9-10-11-12-13-14(15)16;4-1-3(6)2-5/h2-16H2,1H3,(H,18,19);2-13H2,1H3,(H,15,16);3-6H,1-2H2. The van der Waals surface area contributed by atoms with Gasteiger partial charge in [0.25, 0.3) is 0 Å². The number of aliphatic hydroxyl groups excluding tert-OH is 3. The third-order valence-electron chi connectivity index (χ3n) is 7.16. The Hall–Kier alpha value is -1.18. The van der Waals surface area contributed by atoms with Crippen LogP contribution in [0.15, 0.2) is 0 Å². The second kappa shape index (κ2) is 41.0. The molecule has 5 N–H and O–H groups in total. The largest absolute Gasteiger partial charge is 0.481 e. The van der Waals surface area contributed by atoms with E-state index in [1.807, 2.05) is 0 Å². The van der Waals surface area contributed by atoms with Crippen LogP contribution in [0.2, 0.25) is 0 Å². The van der Waals surface area contributed by atoms with Gasteiger partial charge in [0, 0.05) is 12.8 Å². The van der Waals surface area contributed by atoms with Crippen LogP contribution in [-0.2, 0) is 9.59 Å². The fourth-order valence-electron chi connectivity index (χ4n) is 4.47. The number of carboxylic acid groups (broad SMARTS) is 2. The maximum atomic E-state index is 10.3. The van der Waals surface area contributed by atoms with Gasteiger partial charge in [-0.2, -0.15) is 0 Å². The zero-order valence-electron chi connectivity index (χ0n) is 27.1. The van der Waals surface area contributed by atoms with Crippen LogP contribution in [0.25, 0.3) is 0 Å². The van der Waals surface area contributed by atoms with Crippen LogP contribution in [0.3, 0.4) is 0 Å². The molecule has 0 saturated carbocycles. The molecule has 0 rings (SSSR count). The van der Waals surface area contributed by atoms with E-state index in [2.05, 4.69) is 13.8 Å². The Morgan fingerprint density at radius 3 is 0.756 bits per heavy atom. The molecule has 0 aliphatic carbocycles. The molecule has 0 atom stereocenters. The second-order valence-corrected chi connectivity index (χ2v) is 11.4. The summed E-state index contributed by atoms with van der Waals surface area (Å²) >= 11 is 0. The molecule has 0 aliphatic rings. The van der Waals surface area contributed by atoms with Gasteiger partial charge in [-0.3, -0.25) is 9.59 Å². The number of carbonyl (C=O) groups is 2. The van der Waals surface area contributed by atoms with E-state index >= 15 is 0 Å². The van der Waals surface area contributed by atoms with Gasteiger partial charge >= 0.3 is 11.9 Å². The summed E-state index contributed by atoms with van der Waals surface area (Å²) in [5, 5.41) is 41.0. The summed E-state index contributed by atoms with van der Waals surface area (Å²) in [7, 11) is 0. The first-order valence-corrected chi connectivity index (χ1v) is 17.2. The number of carboxylic acids is 2. The molecule has 0 unspecified atom stereocenters. The summed E-state index contributed by atoms with van der Waals surface area (Å²) in [5.74, 6) is -1.31. The van der Waals surface area contributed by atoms with E-state index in [1.54, 1.807) is 0 Å². The Kier molecular flexibility index (Phi) is 44.2. The molecule has 7 nitrogen and oxygen atoms in total. The predicted molar refractivity (Wildman–Crippen MR) is 171 cm³/mol. The average molecular weight is 591 g/mol. The first kappa shape index (κ1) is 44.3. The van der Waals surface area contributed by atoms with Gasteiger partial charge in [0.15, 0.2) is 0 Å². The van der Waals surface area contributed by atoms with Crippen LogP contribution in [-0.4, -0.2) is 56.8 Å². The van der Waals surface area contributed by atoms with E-state index in [9.17, 15) is 9.59 Å². The summed E-state index contributed by atoms with van der Waals surface area (Å²) < 4.78 is 0. The Bertz CT molecular complexity index is 495. The SMILES string of the molecule is CCCCCCCCCCCCCC(=O)O.CCCCCCCCCCCCCCCCC(=O)O.OCC(O)CO. The molecule has 0 aromatic carbocycles. The molecule has 41 heavy (non-hydrogen) atoms. The lowest BCUT2D eigenvalue weighted by molar-refractivity contribution is -0.138. The van der Waals surface area contributed by atoms with Crippen LogP contribution in [0.1, 0.15) is 187 Å². The number of hydrogen-bond donors (Lipinski definition) is 5. The van der Waals surface area contributed by atoms with Crippen molar-refractivity contribution in [2.45, 2.75) is 193 Å². The summed E-state index contributed by atoms with van der Waals surface area (Å²) in [6, 6.07) is 0. The molecule has 0 spiro atoms. The minimum absolute atomic E-state index is 0.344. The van der Waals surface area contributed by atoms with E-state index < -0.39 is 18.0 Å². The van der Waals surface area contributed by atoms with Crippen molar-refractivity contribution >= 4 is 11.9 Å². The molecule has 248 valence electrons. The van der Waals surface area contributed by atoms with Gasteiger partial charge in [-0.05, 0) is 12.8 Å². The number of unbranched alkanes of at least 4 members (excludes halogenated alkanes) is 23. The van der Waals surface area contributed by atoms with Gasteiger partial charge in [0.1, 0.15) is 6.10 Å². The van der Waals surface area contributed by atoms with E-state index in [0.717, 1.165) is 25.7 Å². The molecule has 0 aliphatic heterocycles. The molecule has 0 fully saturated rings. The highest BCUT2D eigenvalue weighted by Crippen LogP contribution is 2.14. The third kappa shape index (κ3) is 52.0. The molecular weight excluding hydrogens is 520 g/mol. The van der Waals surface area contributed by atoms with E-state index in [0.29, 0.717) is 12.8 Å². The average Bonchev–Trinajstić information content (AvgIpc) is 2.96. The number of rotatable bonds is 29. The fraction of sp³-hybridized carbons (Fsp3) is 0.941. The van der Waals surface area contributed by atoms with Crippen molar-refractivity contribution in [2.24, 2.45) is 0 Å². The highest BCUT2D eigenvalue weighted by molar-refractivity contribution is 5.66. The Morgan fingerprint density at radius 2 is 0.610 bits per heavy atom. The van der Waals surface area contributed by atoms with Gasteiger partial charge in [-0.25, -0.2) is 0 Å². The number of aliphatic carboxylic acids is 2. The monoisotopic (exact) mass is 591 g/mol. The Balaban J connectivity index is -0.000000593. The first-order chi connectivity index (χ1) is 19.8. The van der Waals surface area contributed by atoms with Crippen molar-refractivity contribution in [3.05, 3.63) is 0 Å². The normalized spacial score (nSPS) is 10.6. The van der Waals surface area contributed by atoms with Crippen molar-refractivity contribution in [3.8, 4) is 0 Å². The van der Waals surface area contributed by atoms with Crippen LogP contribution in [0.4, 0.5) is 0 Å². The minimum Gasteiger partial charge on any atom is -0.481 e. The molecule has 0 saturated heterocycles. The molecule has 0 radical (unpaired) electrons.